The minimum Gasteiger partial charge on any atom is -0.396 e. The van der Waals surface area contributed by atoms with E-state index in [2.05, 4.69) is 10.9 Å². The summed E-state index contributed by atoms with van der Waals surface area (Å²) in [6, 6.07) is 1.55. The third-order valence-electron chi connectivity index (χ3n) is 7.93. The number of amides is 4. The molecule has 14 nitrogen and oxygen atoms in total. The summed E-state index contributed by atoms with van der Waals surface area (Å²) in [6.45, 7) is -3.43. The molecule has 2 atom stereocenters. The van der Waals surface area contributed by atoms with Crippen molar-refractivity contribution in [3.8, 4) is 0 Å². The number of carbonyl (C=O) groups excluding carboxylic acids is 4. The maximum Gasteiger partial charge on any atom is 0.272 e. The summed E-state index contributed by atoms with van der Waals surface area (Å²) < 4.78 is 1.03. The predicted molar refractivity (Wildman–Crippen MR) is 167 cm³/mol. The number of nitrogens with zero attached hydrogens (tertiary/aromatic N) is 2. The SMILES string of the molecule is O=C(NN1C(=O)CCC1(CO)C(CO)CO)c1c(I)cc(I)c(C(=O)NN2C(=O)CCC2(CO)C(CO)CO)c1I. The van der Waals surface area contributed by atoms with Crippen molar-refractivity contribution in [1.82, 2.24) is 20.9 Å². The van der Waals surface area contributed by atoms with Crippen molar-refractivity contribution in [3.63, 3.8) is 0 Å². The molecule has 0 radical (unpaired) electrons. The van der Waals surface area contributed by atoms with Crippen LogP contribution in [0.3, 0.4) is 0 Å². The Kier molecular flexibility index (Phi) is 12.0. The fourth-order valence-electron chi connectivity index (χ4n) is 5.39. The molecule has 2 heterocycles. The lowest BCUT2D eigenvalue weighted by Gasteiger charge is -2.41. The van der Waals surface area contributed by atoms with E-state index in [1.54, 1.807) is 28.7 Å². The van der Waals surface area contributed by atoms with Gasteiger partial charge >= 0.3 is 0 Å². The van der Waals surface area contributed by atoms with E-state index in [9.17, 15) is 49.8 Å². The number of aliphatic hydroxyl groups is 6. The molecular weight excluding hydrogens is 885 g/mol. The van der Waals surface area contributed by atoms with Gasteiger partial charge in [0, 0.05) is 35.4 Å². The molecule has 1 aromatic rings. The quantitative estimate of drug-likeness (QED) is 0.116. The van der Waals surface area contributed by atoms with E-state index in [1.165, 1.54) is 0 Å². The zero-order valence-corrected chi connectivity index (χ0v) is 28.1. The molecule has 4 amide bonds. The summed E-state index contributed by atoms with van der Waals surface area (Å²) in [7, 11) is 0. The number of benzene rings is 1. The molecule has 0 aromatic heterocycles. The van der Waals surface area contributed by atoms with Crippen LogP contribution in [0.2, 0.25) is 0 Å². The molecule has 2 saturated heterocycles. The van der Waals surface area contributed by atoms with Gasteiger partial charge in [-0.05, 0) is 86.7 Å². The maximum atomic E-state index is 13.6. The molecule has 0 aliphatic carbocycles. The van der Waals surface area contributed by atoms with Crippen LogP contribution in [0.15, 0.2) is 6.07 Å². The minimum atomic E-state index is -1.43. The summed E-state index contributed by atoms with van der Waals surface area (Å²) >= 11 is 5.60. The molecule has 2 fully saturated rings. The van der Waals surface area contributed by atoms with Gasteiger partial charge in [0.2, 0.25) is 11.8 Å². The summed E-state index contributed by atoms with van der Waals surface area (Å²) in [5.74, 6) is -4.47. The molecule has 1 aromatic carbocycles. The van der Waals surface area contributed by atoms with Gasteiger partial charge in [-0.25, -0.2) is 10.0 Å². The summed E-state index contributed by atoms with van der Waals surface area (Å²) in [4.78, 5) is 52.6. The van der Waals surface area contributed by atoms with Gasteiger partial charge in [-0.1, -0.05) is 0 Å². The molecule has 2 aliphatic heterocycles. The van der Waals surface area contributed by atoms with Crippen LogP contribution < -0.4 is 10.9 Å². The normalized spacial score (nSPS) is 22.8. The Bertz CT molecular complexity index is 1110. The standard InChI is InChI=1S/C24H31I3N4O10/c25-14-5-15(26)19(22(41)29-31-17(39)2-4-24(31,11-37)13(8-34)9-35)20(27)18(14)21(40)28-30-16(38)1-3-23(30,10-36)12(6-32)7-33/h5,12-13,32-37H,1-4,6-11H2,(H,28,40)(H,29,41). The summed E-state index contributed by atoms with van der Waals surface area (Å²) in [6.07, 6.45) is 0.0974. The largest absolute Gasteiger partial charge is 0.396 e. The van der Waals surface area contributed by atoms with Crippen LogP contribution in [-0.2, 0) is 9.59 Å². The molecule has 228 valence electrons. The average molecular weight is 916 g/mol. The number of nitrogens with one attached hydrogen (secondary N) is 2. The minimum absolute atomic E-state index is 0.0256. The summed E-state index contributed by atoms with van der Waals surface area (Å²) in [5.41, 5.74) is 2.19. The van der Waals surface area contributed by atoms with Gasteiger partial charge in [-0.2, -0.15) is 0 Å². The zero-order valence-electron chi connectivity index (χ0n) is 21.6. The summed E-state index contributed by atoms with van der Waals surface area (Å²) in [5, 5.41) is 61.3. The molecule has 0 bridgehead atoms. The Hall–Kier alpha value is -0.950. The monoisotopic (exact) mass is 916 g/mol. The Morgan fingerprint density at radius 1 is 0.732 bits per heavy atom. The Morgan fingerprint density at radius 3 is 1.37 bits per heavy atom. The highest BCUT2D eigenvalue weighted by atomic mass is 127. The zero-order chi connectivity index (χ0) is 30.7. The Labute approximate surface area is 276 Å². The lowest BCUT2D eigenvalue weighted by Crippen LogP contribution is -2.62. The molecular formula is C24H31I3N4O10. The average Bonchev–Trinajstić information content (AvgIpc) is 3.42. The molecule has 0 saturated carbocycles. The third kappa shape index (κ3) is 6.19. The molecule has 2 aliphatic rings. The highest BCUT2D eigenvalue weighted by molar-refractivity contribution is 14.1. The molecule has 41 heavy (non-hydrogen) atoms. The second kappa shape index (κ2) is 14.2. The van der Waals surface area contributed by atoms with Crippen molar-refractivity contribution < 1.29 is 49.8 Å². The highest BCUT2D eigenvalue weighted by Gasteiger charge is 2.52. The third-order valence-corrected chi connectivity index (χ3v) is 10.7. The Morgan fingerprint density at radius 2 is 1.07 bits per heavy atom. The lowest BCUT2D eigenvalue weighted by atomic mass is 9.83. The Balaban J connectivity index is 1.98. The second-order valence-electron chi connectivity index (χ2n) is 9.89. The van der Waals surface area contributed by atoms with Crippen LogP contribution in [0.4, 0.5) is 0 Å². The molecule has 17 heteroatoms. The fourth-order valence-corrected chi connectivity index (χ4v) is 9.74. The van der Waals surface area contributed by atoms with Gasteiger partial charge in [0.1, 0.15) is 0 Å². The maximum absolute atomic E-state index is 13.6. The van der Waals surface area contributed by atoms with Crippen molar-refractivity contribution in [2.45, 2.75) is 36.8 Å². The lowest BCUT2D eigenvalue weighted by molar-refractivity contribution is -0.141. The van der Waals surface area contributed by atoms with E-state index in [0.717, 1.165) is 10.0 Å². The van der Waals surface area contributed by atoms with Crippen molar-refractivity contribution in [3.05, 3.63) is 27.9 Å². The number of hydrogen-bond donors (Lipinski definition) is 8. The number of aliphatic hydroxyl groups excluding tert-OH is 6. The first-order valence-electron chi connectivity index (χ1n) is 12.5. The van der Waals surface area contributed by atoms with Crippen molar-refractivity contribution >= 4 is 91.4 Å². The number of carbonyl (C=O) groups is 4. The van der Waals surface area contributed by atoms with Gasteiger partial charge in [-0.15, -0.1) is 0 Å². The first-order chi connectivity index (χ1) is 19.4. The van der Waals surface area contributed by atoms with Crippen LogP contribution in [0.5, 0.6) is 0 Å². The van der Waals surface area contributed by atoms with Crippen molar-refractivity contribution in [2.75, 3.05) is 39.6 Å². The van der Waals surface area contributed by atoms with Gasteiger partial charge in [0.15, 0.2) is 0 Å². The molecule has 3 rings (SSSR count). The number of rotatable bonds is 12. The van der Waals surface area contributed by atoms with Crippen LogP contribution >= 0.6 is 67.8 Å². The van der Waals surface area contributed by atoms with E-state index in [-0.39, 0.29) is 40.4 Å². The van der Waals surface area contributed by atoms with Crippen LogP contribution in [0.25, 0.3) is 0 Å². The van der Waals surface area contributed by atoms with Crippen molar-refractivity contribution in [1.29, 1.82) is 0 Å². The van der Waals surface area contributed by atoms with Crippen LogP contribution in [0.1, 0.15) is 46.4 Å². The number of hydrogen-bond acceptors (Lipinski definition) is 10. The fraction of sp³-hybridized carbons (Fsp3) is 0.583. The second-order valence-corrected chi connectivity index (χ2v) is 13.3. The first-order valence-corrected chi connectivity index (χ1v) is 15.8. The highest BCUT2D eigenvalue weighted by Crippen LogP contribution is 2.37. The topological polar surface area (TPSA) is 220 Å². The van der Waals surface area contributed by atoms with E-state index in [1.807, 2.05) is 45.2 Å². The van der Waals surface area contributed by atoms with E-state index in [4.69, 9.17) is 0 Å². The number of hydrazine groups is 2. The molecule has 2 unspecified atom stereocenters. The smallest absolute Gasteiger partial charge is 0.272 e. The van der Waals surface area contributed by atoms with Crippen LogP contribution in [-0.4, -0.2) is 115 Å². The van der Waals surface area contributed by atoms with E-state index < -0.39 is 86.2 Å². The predicted octanol–water partition coefficient (Wildman–Crippen LogP) is -1.30. The first kappa shape index (κ1) is 34.5. The van der Waals surface area contributed by atoms with Gasteiger partial charge in [0.05, 0.1) is 61.8 Å². The number of halogens is 3. The van der Waals surface area contributed by atoms with Crippen molar-refractivity contribution in [2.24, 2.45) is 11.8 Å². The molecule has 8 N–H and O–H groups in total. The van der Waals surface area contributed by atoms with Gasteiger partial charge in [0.25, 0.3) is 11.8 Å². The van der Waals surface area contributed by atoms with E-state index >= 15 is 0 Å². The molecule has 0 spiro atoms. The van der Waals surface area contributed by atoms with Gasteiger partial charge < -0.3 is 30.6 Å². The van der Waals surface area contributed by atoms with E-state index in [0.29, 0.717) is 7.14 Å². The van der Waals surface area contributed by atoms with Crippen LogP contribution in [0, 0.1) is 22.5 Å². The van der Waals surface area contributed by atoms with Gasteiger partial charge in [-0.3, -0.25) is 30.0 Å².